The van der Waals surface area contributed by atoms with Crippen LogP contribution in [0.3, 0.4) is 0 Å². The number of Topliss-reactive ketones (excluding diaryl/α,β-unsaturated/α-hetero) is 2. The Hall–Kier alpha value is -1.46. The summed E-state index contributed by atoms with van der Waals surface area (Å²) >= 11 is 0. The number of hydrogen-bond donors (Lipinski definition) is 1. The van der Waals surface area contributed by atoms with Gasteiger partial charge in [-0.2, -0.15) is 0 Å². The molecular formula is C15H22N2O3. The second-order valence-electron chi connectivity index (χ2n) is 5.37. The molecule has 0 amide bonds. The van der Waals surface area contributed by atoms with Gasteiger partial charge in [0.2, 0.25) is 0 Å². The lowest BCUT2D eigenvalue weighted by Crippen LogP contribution is -2.46. The van der Waals surface area contributed by atoms with Gasteiger partial charge in [-0.05, 0) is 33.3 Å². The lowest BCUT2D eigenvalue weighted by Gasteiger charge is -2.31. The number of ketones is 2. The van der Waals surface area contributed by atoms with Gasteiger partial charge in [-0.25, -0.2) is 0 Å². The molecule has 2 rings (SSSR count). The smallest absolute Gasteiger partial charge is 0.196 e. The van der Waals surface area contributed by atoms with E-state index >= 15 is 0 Å². The summed E-state index contributed by atoms with van der Waals surface area (Å²) in [7, 11) is 0. The zero-order valence-corrected chi connectivity index (χ0v) is 12.6. The molecule has 1 aliphatic heterocycles. The van der Waals surface area contributed by atoms with E-state index in [0.29, 0.717) is 24.5 Å². The van der Waals surface area contributed by atoms with Crippen LogP contribution in [0.2, 0.25) is 0 Å². The van der Waals surface area contributed by atoms with Crippen molar-refractivity contribution in [1.29, 1.82) is 0 Å². The molecule has 0 aromatic carbocycles. The molecule has 1 aromatic rings. The summed E-state index contributed by atoms with van der Waals surface area (Å²) in [6.45, 7) is 9.98. The van der Waals surface area contributed by atoms with E-state index in [4.69, 9.17) is 4.74 Å². The van der Waals surface area contributed by atoms with Crippen molar-refractivity contribution in [3.63, 3.8) is 0 Å². The van der Waals surface area contributed by atoms with Gasteiger partial charge in [0.1, 0.15) is 0 Å². The lowest BCUT2D eigenvalue weighted by atomic mass is 10.0. The van der Waals surface area contributed by atoms with E-state index < -0.39 is 0 Å². The first kappa shape index (κ1) is 14.9. The predicted molar refractivity (Wildman–Crippen MR) is 76.5 cm³/mol. The minimum absolute atomic E-state index is 0.00525. The van der Waals surface area contributed by atoms with E-state index in [1.54, 1.807) is 0 Å². The highest BCUT2D eigenvalue weighted by atomic mass is 16.5. The fraction of sp³-hybridized carbons (Fsp3) is 0.600. The van der Waals surface area contributed by atoms with E-state index in [0.717, 1.165) is 24.3 Å². The molecule has 0 unspecified atom stereocenters. The van der Waals surface area contributed by atoms with Crippen molar-refractivity contribution in [2.75, 3.05) is 26.3 Å². The van der Waals surface area contributed by atoms with Gasteiger partial charge in [-0.1, -0.05) is 0 Å². The van der Waals surface area contributed by atoms with E-state index in [9.17, 15) is 9.59 Å². The van der Waals surface area contributed by atoms with E-state index in [2.05, 4.69) is 9.88 Å². The Morgan fingerprint density at radius 3 is 2.35 bits per heavy atom. The molecule has 0 bridgehead atoms. The number of ether oxygens (including phenoxy) is 1. The molecule has 5 heteroatoms. The molecule has 1 fully saturated rings. The molecule has 0 saturated carbocycles. The third-order valence-corrected chi connectivity index (χ3v) is 4.01. The molecule has 1 saturated heterocycles. The number of aromatic nitrogens is 1. The van der Waals surface area contributed by atoms with Gasteiger partial charge in [-0.15, -0.1) is 0 Å². The Kier molecular flexibility index (Phi) is 4.40. The molecule has 20 heavy (non-hydrogen) atoms. The third-order valence-electron chi connectivity index (χ3n) is 4.01. The van der Waals surface area contributed by atoms with Crippen LogP contribution in [0.15, 0.2) is 0 Å². The summed E-state index contributed by atoms with van der Waals surface area (Å²) in [5.74, 6) is 0.0364. The number of H-pyrrole nitrogens is 1. The average molecular weight is 278 g/mol. The first-order valence-electron chi connectivity index (χ1n) is 6.99. The molecule has 0 aliphatic carbocycles. The van der Waals surface area contributed by atoms with Crippen LogP contribution in [0.5, 0.6) is 0 Å². The number of carbonyl (C=O) groups excluding carboxylic acids is 2. The quantitative estimate of drug-likeness (QED) is 0.852. The molecule has 2 heterocycles. The van der Waals surface area contributed by atoms with Gasteiger partial charge in [0.05, 0.1) is 24.9 Å². The molecule has 110 valence electrons. The van der Waals surface area contributed by atoms with Crippen molar-refractivity contribution in [1.82, 2.24) is 9.88 Å². The van der Waals surface area contributed by atoms with Crippen molar-refractivity contribution in [2.24, 2.45) is 0 Å². The minimum atomic E-state index is -0.199. The Morgan fingerprint density at radius 2 is 1.85 bits per heavy atom. The van der Waals surface area contributed by atoms with Crippen LogP contribution in [0.25, 0.3) is 0 Å². The maximum absolute atomic E-state index is 12.6. The van der Waals surface area contributed by atoms with Crippen molar-refractivity contribution in [3.8, 4) is 0 Å². The van der Waals surface area contributed by atoms with Crippen molar-refractivity contribution >= 4 is 11.6 Å². The first-order valence-corrected chi connectivity index (χ1v) is 6.99. The highest BCUT2D eigenvalue weighted by Gasteiger charge is 2.28. The van der Waals surface area contributed by atoms with E-state index in [-0.39, 0.29) is 17.6 Å². The lowest BCUT2D eigenvalue weighted by molar-refractivity contribution is 0.0207. The monoisotopic (exact) mass is 278 g/mol. The van der Waals surface area contributed by atoms with Gasteiger partial charge in [0.15, 0.2) is 11.6 Å². The second kappa shape index (κ2) is 5.89. The summed E-state index contributed by atoms with van der Waals surface area (Å²) in [5, 5.41) is 0. The van der Waals surface area contributed by atoms with Crippen LogP contribution in [0.4, 0.5) is 0 Å². The molecule has 1 aromatic heterocycles. The van der Waals surface area contributed by atoms with Gasteiger partial charge in [-0.3, -0.25) is 14.5 Å². The summed E-state index contributed by atoms with van der Waals surface area (Å²) < 4.78 is 5.31. The summed E-state index contributed by atoms with van der Waals surface area (Å²) in [5.41, 5.74) is 2.74. The molecule has 1 atom stereocenters. The second-order valence-corrected chi connectivity index (χ2v) is 5.37. The molecule has 0 spiro atoms. The third kappa shape index (κ3) is 2.69. The summed E-state index contributed by atoms with van der Waals surface area (Å²) in [6.07, 6.45) is 0. The van der Waals surface area contributed by atoms with Crippen molar-refractivity contribution < 1.29 is 14.3 Å². The Labute approximate surface area is 119 Å². The van der Waals surface area contributed by atoms with E-state index in [1.165, 1.54) is 6.92 Å². The van der Waals surface area contributed by atoms with E-state index in [1.807, 2.05) is 20.8 Å². The number of aryl methyl sites for hydroxylation is 1. The topological polar surface area (TPSA) is 62.4 Å². The number of nitrogens with one attached hydrogen (secondary N) is 1. The van der Waals surface area contributed by atoms with Crippen molar-refractivity contribution in [2.45, 2.75) is 33.7 Å². The molecular weight excluding hydrogens is 256 g/mol. The molecule has 5 nitrogen and oxygen atoms in total. The van der Waals surface area contributed by atoms with Gasteiger partial charge < -0.3 is 9.72 Å². The van der Waals surface area contributed by atoms with Crippen LogP contribution in [0.1, 0.15) is 46.0 Å². The number of carbonyl (C=O) groups is 2. The summed E-state index contributed by atoms with van der Waals surface area (Å²) in [6, 6.07) is -0.199. The Bertz CT molecular complexity index is 527. The van der Waals surface area contributed by atoms with Crippen LogP contribution < -0.4 is 0 Å². The predicted octanol–water partition coefficient (Wildman–Crippen LogP) is 1.74. The fourth-order valence-electron chi connectivity index (χ4n) is 2.86. The van der Waals surface area contributed by atoms with Gasteiger partial charge in [0.25, 0.3) is 0 Å². The number of nitrogens with zero attached hydrogens (tertiary/aromatic N) is 1. The maximum Gasteiger partial charge on any atom is 0.196 e. The SMILES string of the molecule is CC(=O)c1c(C)[nH]c(C(=O)[C@H](C)N2CCOCC2)c1C. The zero-order chi connectivity index (χ0) is 14.9. The largest absolute Gasteiger partial charge is 0.379 e. The molecule has 0 radical (unpaired) electrons. The van der Waals surface area contributed by atoms with Gasteiger partial charge in [0, 0.05) is 24.3 Å². The standard InChI is InChI=1S/C15H22N2O3/c1-9-13(12(4)18)10(2)16-14(9)15(19)11(3)17-5-7-20-8-6-17/h11,16H,5-8H2,1-4H3/t11-/m0/s1. The Balaban J connectivity index is 2.24. The van der Waals surface area contributed by atoms with Crippen LogP contribution in [-0.4, -0.2) is 53.8 Å². The highest BCUT2D eigenvalue weighted by molar-refractivity contribution is 6.05. The minimum Gasteiger partial charge on any atom is -0.379 e. The fourth-order valence-corrected chi connectivity index (χ4v) is 2.86. The first-order chi connectivity index (χ1) is 9.43. The number of rotatable bonds is 4. The number of hydrogen-bond acceptors (Lipinski definition) is 4. The van der Waals surface area contributed by atoms with Crippen LogP contribution in [0, 0.1) is 13.8 Å². The average Bonchev–Trinajstić information content (AvgIpc) is 2.73. The van der Waals surface area contributed by atoms with Gasteiger partial charge >= 0.3 is 0 Å². The maximum atomic E-state index is 12.6. The normalized spacial score (nSPS) is 18.0. The number of aromatic amines is 1. The molecule has 1 N–H and O–H groups in total. The molecule has 1 aliphatic rings. The Morgan fingerprint density at radius 1 is 1.25 bits per heavy atom. The van der Waals surface area contributed by atoms with Crippen molar-refractivity contribution in [3.05, 3.63) is 22.5 Å². The number of morpholine rings is 1. The van der Waals surface area contributed by atoms with Crippen LogP contribution >= 0.6 is 0 Å². The summed E-state index contributed by atoms with van der Waals surface area (Å²) in [4.78, 5) is 29.5. The zero-order valence-electron chi connectivity index (χ0n) is 12.6. The highest BCUT2D eigenvalue weighted by Crippen LogP contribution is 2.21. The van der Waals surface area contributed by atoms with Crippen LogP contribution in [-0.2, 0) is 4.74 Å².